The predicted molar refractivity (Wildman–Crippen MR) is 62.6 cm³/mol. The standard InChI is InChI=1S/C12H17ClFN/c1-3-12(15,4-2)8-9-6-5-7-10(14)11(9)13/h5-7H,3-4,8,15H2,1-2H3. The topological polar surface area (TPSA) is 26.0 Å². The third-order valence-electron chi connectivity index (χ3n) is 2.98. The molecule has 15 heavy (non-hydrogen) atoms. The average Bonchev–Trinajstić information content (AvgIpc) is 2.25. The van der Waals surface area contributed by atoms with Gasteiger partial charge in [-0.25, -0.2) is 4.39 Å². The van der Waals surface area contributed by atoms with E-state index in [0.29, 0.717) is 6.42 Å². The molecule has 0 fully saturated rings. The lowest BCUT2D eigenvalue weighted by atomic mass is 9.87. The molecule has 0 saturated heterocycles. The lowest BCUT2D eigenvalue weighted by molar-refractivity contribution is 0.393. The van der Waals surface area contributed by atoms with Crippen LogP contribution in [0.1, 0.15) is 32.3 Å². The van der Waals surface area contributed by atoms with Crippen LogP contribution in [0.4, 0.5) is 4.39 Å². The predicted octanol–water partition coefficient (Wildman–Crippen LogP) is 3.54. The molecule has 1 nitrogen and oxygen atoms in total. The Hall–Kier alpha value is -0.600. The quantitative estimate of drug-likeness (QED) is 0.840. The van der Waals surface area contributed by atoms with Gasteiger partial charge in [0, 0.05) is 5.54 Å². The second-order valence-electron chi connectivity index (χ2n) is 3.96. The molecule has 0 aliphatic rings. The minimum absolute atomic E-state index is 0.203. The van der Waals surface area contributed by atoms with E-state index in [1.54, 1.807) is 6.07 Å². The van der Waals surface area contributed by atoms with Crippen molar-refractivity contribution in [1.82, 2.24) is 0 Å². The fourth-order valence-electron chi connectivity index (χ4n) is 1.56. The van der Waals surface area contributed by atoms with Gasteiger partial charge < -0.3 is 5.73 Å². The Morgan fingerprint density at radius 3 is 2.47 bits per heavy atom. The highest BCUT2D eigenvalue weighted by Gasteiger charge is 2.22. The molecule has 0 saturated carbocycles. The summed E-state index contributed by atoms with van der Waals surface area (Å²) in [6.07, 6.45) is 2.34. The summed E-state index contributed by atoms with van der Waals surface area (Å²) < 4.78 is 13.2. The molecule has 0 radical (unpaired) electrons. The van der Waals surface area contributed by atoms with Crippen molar-refractivity contribution >= 4 is 11.6 Å². The summed E-state index contributed by atoms with van der Waals surface area (Å²) in [5.41, 5.74) is 6.68. The van der Waals surface area contributed by atoms with Crippen LogP contribution >= 0.6 is 11.6 Å². The molecular formula is C12H17ClFN. The Labute approximate surface area is 95.4 Å². The lowest BCUT2D eigenvalue weighted by Gasteiger charge is -2.27. The SMILES string of the molecule is CCC(N)(CC)Cc1cccc(F)c1Cl. The van der Waals surface area contributed by atoms with Crippen LogP contribution in [-0.2, 0) is 6.42 Å². The van der Waals surface area contributed by atoms with Crippen LogP contribution in [0.25, 0.3) is 0 Å². The van der Waals surface area contributed by atoms with Gasteiger partial charge in [-0.3, -0.25) is 0 Å². The van der Waals surface area contributed by atoms with Gasteiger partial charge in [-0.15, -0.1) is 0 Å². The second kappa shape index (κ2) is 4.95. The molecule has 3 heteroatoms. The molecule has 0 aliphatic heterocycles. The summed E-state index contributed by atoms with van der Waals surface area (Å²) in [6, 6.07) is 4.86. The number of halogens is 2. The van der Waals surface area contributed by atoms with Crippen molar-refractivity contribution in [1.29, 1.82) is 0 Å². The Balaban J connectivity index is 2.94. The van der Waals surface area contributed by atoms with Gasteiger partial charge in [0.2, 0.25) is 0 Å². The maximum Gasteiger partial charge on any atom is 0.142 e. The first-order valence-electron chi connectivity index (χ1n) is 5.24. The summed E-state index contributed by atoms with van der Waals surface area (Å²) >= 11 is 5.88. The van der Waals surface area contributed by atoms with Crippen LogP contribution in [0.15, 0.2) is 18.2 Å². The van der Waals surface area contributed by atoms with Crippen molar-refractivity contribution < 1.29 is 4.39 Å². The first-order chi connectivity index (χ1) is 7.02. The van der Waals surface area contributed by atoms with Gasteiger partial charge in [0.15, 0.2) is 0 Å². The molecule has 0 amide bonds. The zero-order valence-electron chi connectivity index (χ0n) is 9.19. The Kier molecular flexibility index (Phi) is 4.12. The highest BCUT2D eigenvalue weighted by atomic mass is 35.5. The maximum atomic E-state index is 13.2. The normalized spacial score (nSPS) is 11.8. The van der Waals surface area contributed by atoms with Crippen molar-refractivity contribution in [3.8, 4) is 0 Å². The molecule has 1 rings (SSSR count). The maximum absolute atomic E-state index is 13.2. The lowest BCUT2D eigenvalue weighted by Crippen LogP contribution is -2.40. The molecule has 0 unspecified atom stereocenters. The molecular weight excluding hydrogens is 213 g/mol. The van der Waals surface area contributed by atoms with Crippen LogP contribution in [0.3, 0.4) is 0 Å². The highest BCUT2D eigenvalue weighted by Crippen LogP contribution is 2.25. The Morgan fingerprint density at radius 2 is 1.93 bits per heavy atom. The number of nitrogens with two attached hydrogens (primary N) is 1. The highest BCUT2D eigenvalue weighted by molar-refractivity contribution is 6.31. The van der Waals surface area contributed by atoms with Gasteiger partial charge in [-0.1, -0.05) is 37.6 Å². The van der Waals surface area contributed by atoms with E-state index in [1.807, 2.05) is 19.9 Å². The molecule has 0 spiro atoms. The van der Waals surface area contributed by atoms with Crippen molar-refractivity contribution in [3.63, 3.8) is 0 Å². The molecule has 0 aromatic heterocycles. The van der Waals surface area contributed by atoms with E-state index in [4.69, 9.17) is 17.3 Å². The van der Waals surface area contributed by atoms with E-state index < -0.39 is 0 Å². The molecule has 1 aromatic rings. The van der Waals surface area contributed by atoms with Crippen LogP contribution in [0.2, 0.25) is 5.02 Å². The van der Waals surface area contributed by atoms with E-state index in [1.165, 1.54) is 6.07 Å². The van der Waals surface area contributed by atoms with Gasteiger partial charge in [0.1, 0.15) is 5.82 Å². The molecule has 0 bridgehead atoms. The number of rotatable bonds is 4. The van der Waals surface area contributed by atoms with Crippen molar-refractivity contribution in [2.24, 2.45) is 5.73 Å². The summed E-state index contributed by atoms with van der Waals surface area (Å²) in [4.78, 5) is 0. The second-order valence-corrected chi connectivity index (χ2v) is 4.34. The third-order valence-corrected chi connectivity index (χ3v) is 3.41. The fraction of sp³-hybridized carbons (Fsp3) is 0.500. The van der Waals surface area contributed by atoms with E-state index in [-0.39, 0.29) is 16.4 Å². The molecule has 0 atom stereocenters. The molecule has 0 aliphatic carbocycles. The van der Waals surface area contributed by atoms with Crippen molar-refractivity contribution in [2.75, 3.05) is 0 Å². The van der Waals surface area contributed by atoms with E-state index in [2.05, 4.69) is 0 Å². The molecule has 0 heterocycles. The fourth-order valence-corrected chi connectivity index (χ4v) is 1.76. The summed E-state index contributed by atoms with van der Waals surface area (Å²) in [6.45, 7) is 4.08. The third kappa shape index (κ3) is 2.93. The van der Waals surface area contributed by atoms with Gasteiger partial charge in [-0.05, 0) is 30.9 Å². The van der Waals surface area contributed by atoms with Gasteiger partial charge >= 0.3 is 0 Å². The number of hydrogen-bond donors (Lipinski definition) is 1. The first-order valence-corrected chi connectivity index (χ1v) is 5.62. The zero-order chi connectivity index (χ0) is 11.5. The van der Waals surface area contributed by atoms with Crippen LogP contribution in [-0.4, -0.2) is 5.54 Å². The summed E-state index contributed by atoms with van der Waals surface area (Å²) in [5, 5.41) is 0.203. The minimum atomic E-state index is -0.372. The zero-order valence-corrected chi connectivity index (χ0v) is 9.94. The molecule has 84 valence electrons. The largest absolute Gasteiger partial charge is 0.325 e. The van der Waals surface area contributed by atoms with Gasteiger partial charge in [-0.2, -0.15) is 0 Å². The average molecular weight is 230 g/mol. The van der Waals surface area contributed by atoms with Crippen LogP contribution in [0, 0.1) is 5.82 Å². The number of benzene rings is 1. The van der Waals surface area contributed by atoms with Crippen LogP contribution < -0.4 is 5.73 Å². The van der Waals surface area contributed by atoms with E-state index in [0.717, 1.165) is 18.4 Å². The van der Waals surface area contributed by atoms with E-state index in [9.17, 15) is 4.39 Å². The summed E-state index contributed by atoms with van der Waals surface area (Å²) in [7, 11) is 0. The Bertz CT molecular complexity index is 334. The van der Waals surface area contributed by atoms with Crippen LogP contribution in [0.5, 0.6) is 0 Å². The molecule has 1 aromatic carbocycles. The summed E-state index contributed by atoms with van der Waals surface area (Å²) in [5.74, 6) is -0.372. The molecule has 2 N–H and O–H groups in total. The minimum Gasteiger partial charge on any atom is -0.325 e. The Morgan fingerprint density at radius 1 is 1.33 bits per heavy atom. The van der Waals surface area contributed by atoms with Crippen molar-refractivity contribution in [2.45, 2.75) is 38.6 Å². The smallest absolute Gasteiger partial charge is 0.142 e. The van der Waals surface area contributed by atoms with Gasteiger partial charge in [0.25, 0.3) is 0 Å². The number of hydrogen-bond acceptors (Lipinski definition) is 1. The van der Waals surface area contributed by atoms with E-state index >= 15 is 0 Å². The van der Waals surface area contributed by atoms with Crippen molar-refractivity contribution in [3.05, 3.63) is 34.6 Å². The monoisotopic (exact) mass is 229 g/mol. The first kappa shape index (κ1) is 12.5. The van der Waals surface area contributed by atoms with Gasteiger partial charge in [0.05, 0.1) is 5.02 Å².